The van der Waals surface area contributed by atoms with Crippen LogP contribution < -0.4 is 16.0 Å². The standard InChI is InChI=1S/C18H18FN3O2/c1-11-3-2-4-16-17(11)13(18(24)22-16)10-21-12-5-6-15(14(19)9-12)20-7-8-23/h2-6,9-10,20-21,23H,7-8H2,1H3,(H,22,24)/b13-10+. The van der Waals surface area contributed by atoms with E-state index in [1.54, 1.807) is 18.3 Å². The van der Waals surface area contributed by atoms with Crippen molar-refractivity contribution >= 4 is 28.5 Å². The highest BCUT2D eigenvalue weighted by Gasteiger charge is 2.25. The van der Waals surface area contributed by atoms with Crippen molar-refractivity contribution in [1.29, 1.82) is 0 Å². The summed E-state index contributed by atoms with van der Waals surface area (Å²) >= 11 is 0. The second-order valence-corrected chi connectivity index (χ2v) is 5.50. The quantitative estimate of drug-likeness (QED) is 0.637. The van der Waals surface area contributed by atoms with Crippen LogP contribution in [0, 0.1) is 12.7 Å². The highest BCUT2D eigenvalue weighted by atomic mass is 19.1. The first-order chi connectivity index (χ1) is 11.6. The van der Waals surface area contributed by atoms with Gasteiger partial charge in [0, 0.05) is 29.7 Å². The molecule has 5 nitrogen and oxygen atoms in total. The number of aliphatic hydroxyl groups is 1. The van der Waals surface area contributed by atoms with Crippen LogP contribution >= 0.6 is 0 Å². The topological polar surface area (TPSA) is 73.4 Å². The second-order valence-electron chi connectivity index (χ2n) is 5.50. The Bertz CT molecular complexity index is 818. The minimum Gasteiger partial charge on any atom is -0.395 e. The summed E-state index contributed by atoms with van der Waals surface area (Å²) in [5, 5.41) is 17.3. The van der Waals surface area contributed by atoms with Gasteiger partial charge in [-0.3, -0.25) is 4.79 Å². The van der Waals surface area contributed by atoms with Gasteiger partial charge in [-0.05, 0) is 36.8 Å². The van der Waals surface area contributed by atoms with Gasteiger partial charge in [0.15, 0.2) is 0 Å². The van der Waals surface area contributed by atoms with Gasteiger partial charge in [-0.25, -0.2) is 4.39 Å². The molecule has 0 spiro atoms. The lowest BCUT2D eigenvalue weighted by atomic mass is 10.0. The third kappa shape index (κ3) is 3.09. The lowest BCUT2D eigenvalue weighted by molar-refractivity contribution is -0.110. The summed E-state index contributed by atoms with van der Waals surface area (Å²) in [4.78, 5) is 12.1. The number of aryl methyl sites for hydroxylation is 1. The summed E-state index contributed by atoms with van der Waals surface area (Å²) in [6.45, 7) is 2.15. The van der Waals surface area contributed by atoms with Gasteiger partial charge < -0.3 is 21.1 Å². The predicted molar refractivity (Wildman–Crippen MR) is 93.4 cm³/mol. The molecule has 0 aliphatic carbocycles. The molecule has 0 bridgehead atoms. The number of amides is 1. The molecule has 0 atom stereocenters. The normalized spacial score (nSPS) is 14.5. The molecule has 124 valence electrons. The number of fused-ring (bicyclic) bond motifs is 1. The van der Waals surface area contributed by atoms with Gasteiger partial charge in [-0.15, -0.1) is 0 Å². The zero-order chi connectivity index (χ0) is 17.1. The fraction of sp³-hybridized carbons (Fsp3) is 0.167. The van der Waals surface area contributed by atoms with Crippen LogP contribution in [0.2, 0.25) is 0 Å². The number of benzene rings is 2. The van der Waals surface area contributed by atoms with Crippen molar-refractivity contribution in [2.75, 3.05) is 29.1 Å². The highest BCUT2D eigenvalue weighted by molar-refractivity contribution is 6.32. The van der Waals surface area contributed by atoms with Crippen LogP contribution in [0.1, 0.15) is 11.1 Å². The average molecular weight is 327 g/mol. The van der Waals surface area contributed by atoms with Crippen molar-refractivity contribution in [3.63, 3.8) is 0 Å². The van der Waals surface area contributed by atoms with Gasteiger partial charge in [-0.1, -0.05) is 12.1 Å². The lowest BCUT2D eigenvalue weighted by Gasteiger charge is -2.08. The maximum atomic E-state index is 14.0. The Kier molecular flexibility index (Phi) is 4.48. The van der Waals surface area contributed by atoms with Crippen molar-refractivity contribution < 1.29 is 14.3 Å². The molecule has 4 N–H and O–H groups in total. The van der Waals surface area contributed by atoms with Crippen LogP contribution in [0.25, 0.3) is 5.57 Å². The number of carbonyl (C=O) groups excluding carboxylic acids is 1. The van der Waals surface area contributed by atoms with Gasteiger partial charge in [0.05, 0.1) is 17.9 Å². The average Bonchev–Trinajstić information content (AvgIpc) is 2.89. The Morgan fingerprint density at radius 2 is 2.12 bits per heavy atom. The predicted octanol–water partition coefficient (Wildman–Crippen LogP) is 2.94. The molecule has 0 aromatic heterocycles. The van der Waals surface area contributed by atoms with Crippen molar-refractivity contribution in [1.82, 2.24) is 0 Å². The third-order valence-corrected chi connectivity index (χ3v) is 3.81. The number of aliphatic hydroxyl groups excluding tert-OH is 1. The van der Waals surface area contributed by atoms with E-state index in [1.165, 1.54) is 6.07 Å². The molecule has 2 aromatic carbocycles. The van der Waals surface area contributed by atoms with E-state index in [0.29, 0.717) is 16.9 Å². The van der Waals surface area contributed by atoms with Crippen LogP contribution in [-0.2, 0) is 4.79 Å². The van der Waals surface area contributed by atoms with Gasteiger partial charge in [-0.2, -0.15) is 0 Å². The summed E-state index contributed by atoms with van der Waals surface area (Å²) in [6, 6.07) is 10.3. The molecule has 0 saturated carbocycles. The minimum absolute atomic E-state index is 0.0700. The number of carbonyl (C=O) groups is 1. The minimum atomic E-state index is -0.431. The molecule has 3 rings (SSSR count). The molecule has 0 fully saturated rings. The Labute approximate surface area is 139 Å². The second kappa shape index (κ2) is 6.72. The Morgan fingerprint density at radius 3 is 2.88 bits per heavy atom. The maximum absolute atomic E-state index is 14.0. The summed E-state index contributed by atoms with van der Waals surface area (Å²) in [5.41, 5.74) is 4.01. The smallest absolute Gasteiger partial charge is 0.257 e. The number of hydrogen-bond acceptors (Lipinski definition) is 4. The van der Waals surface area contributed by atoms with Gasteiger partial charge in [0.25, 0.3) is 5.91 Å². The van der Waals surface area contributed by atoms with Crippen LogP contribution in [0.3, 0.4) is 0 Å². The highest BCUT2D eigenvalue weighted by Crippen LogP contribution is 2.34. The number of nitrogens with one attached hydrogen (secondary N) is 3. The number of hydrogen-bond donors (Lipinski definition) is 4. The van der Waals surface area contributed by atoms with E-state index < -0.39 is 5.82 Å². The number of halogens is 1. The fourth-order valence-corrected chi connectivity index (χ4v) is 2.66. The summed E-state index contributed by atoms with van der Waals surface area (Å²) in [7, 11) is 0. The van der Waals surface area contributed by atoms with Crippen LogP contribution in [0.4, 0.5) is 21.5 Å². The van der Waals surface area contributed by atoms with Crippen LogP contribution in [0.15, 0.2) is 42.6 Å². The van der Waals surface area contributed by atoms with E-state index >= 15 is 0 Å². The molecular formula is C18H18FN3O2. The lowest BCUT2D eigenvalue weighted by Crippen LogP contribution is -2.07. The van der Waals surface area contributed by atoms with Crippen molar-refractivity contribution in [3.8, 4) is 0 Å². The van der Waals surface area contributed by atoms with Crippen molar-refractivity contribution in [3.05, 3.63) is 59.5 Å². The molecule has 0 radical (unpaired) electrons. The summed E-state index contributed by atoms with van der Waals surface area (Å²) < 4.78 is 14.0. The zero-order valence-corrected chi connectivity index (χ0v) is 13.2. The fourth-order valence-electron chi connectivity index (χ4n) is 2.66. The van der Waals surface area contributed by atoms with Crippen molar-refractivity contribution in [2.24, 2.45) is 0 Å². The maximum Gasteiger partial charge on any atom is 0.257 e. The molecule has 1 heterocycles. The number of rotatable bonds is 5. The molecule has 0 unspecified atom stereocenters. The molecule has 2 aromatic rings. The third-order valence-electron chi connectivity index (χ3n) is 3.81. The molecule has 0 saturated heterocycles. The molecule has 1 amide bonds. The van der Waals surface area contributed by atoms with E-state index in [1.807, 2.05) is 25.1 Å². The SMILES string of the molecule is Cc1cccc2c1/C(=C\Nc1ccc(NCCO)c(F)c1)C(=O)N2. The van der Waals surface area contributed by atoms with Crippen LogP contribution in [-0.4, -0.2) is 24.2 Å². The summed E-state index contributed by atoms with van der Waals surface area (Å²) in [6.07, 6.45) is 1.59. The van der Waals surface area contributed by atoms with Crippen molar-refractivity contribution in [2.45, 2.75) is 6.92 Å². The Morgan fingerprint density at radius 1 is 1.29 bits per heavy atom. The molecule has 24 heavy (non-hydrogen) atoms. The Hall–Kier alpha value is -2.86. The van der Waals surface area contributed by atoms with Gasteiger partial charge in [0.2, 0.25) is 0 Å². The van der Waals surface area contributed by atoms with Gasteiger partial charge >= 0.3 is 0 Å². The monoisotopic (exact) mass is 327 g/mol. The molecule has 6 heteroatoms. The largest absolute Gasteiger partial charge is 0.395 e. The first-order valence-corrected chi connectivity index (χ1v) is 7.62. The first kappa shape index (κ1) is 16.0. The Balaban J connectivity index is 1.82. The number of anilines is 3. The van der Waals surface area contributed by atoms with E-state index in [2.05, 4.69) is 16.0 Å². The summed E-state index contributed by atoms with van der Waals surface area (Å²) in [5.74, 6) is -0.618. The van der Waals surface area contributed by atoms with E-state index in [-0.39, 0.29) is 19.1 Å². The first-order valence-electron chi connectivity index (χ1n) is 7.62. The zero-order valence-electron chi connectivity index (χ0n) is 13.2. The van der Waals surface area contributed by atoms with E-state index in [4.69, 9.17) is 5.11 Å². The molecular weight excluding hydrogens is 309 g/mol. The van der Waals surface area contributed by atoms with E-state index in [0.717, 1.165) is 16.8 Å². The van der Waals surface area contributed by atoms with Crippen LogP contribution in [0.5, 0.6) is 0 Å². The molecule has 1 aliphatic heterocycles. The van der Waals surface area contributed by atoms with E-state index in [9.17, 15) is 9.18 Å². The van der Waals surface area contributed by atoms with Gasteiger partial charge in [0.1, 0.15) is 5.82 Å². The molecule has 1 aliphatic rings.